The van der Waals surface area contributed by atoms with Gasteiger partial charge in [-0.2, -0.15) is 0 Å². The number of likely N-dealkylation sites (N-methyl/N-ethyl adjacent to an activating group) is 1. The fourth-order valence-electron chi connectivity index (χ4n) is 2.38. The zero-order valence-corrected chi connectivity index (χ0v) is 11.7. The SMILES string of the molecule is CC(NCC1CCCN1C)C(=O)NCc1ccco1. The Kier molecular flexibility index (Phi) is 4.99. The molecule has 1 amide bonds. The molecule has 19 heavy (non-hydrogen) atoms. The van der Waals surface area contributed by atoms with Crippen LogP contribution in [0.5, 0.6) is 0 Å². The minimum atomic E-state index is -0.177. The van der Waals surface area contributed by atoms with E-state index in [1.807, 2.05) is 19.1 Å². The summed E-state index contributed by atoms with van der Waals surface area (Å²) in [7, 11) is 2.14. The largest absolute Gasteiger partial charge is 0.467 e. The summed E-state index contributed by atoms with van der Waals surface area (Å²) in [5.74, 6) is 0.785. The van der Waals surface area contributed by atoms with E-state index in [0.717, 1.165) is 18.8 Å². The van der Waals surface area contributed by atoms with Crippen molar-refractivity contribution < 1.29 is 9.21 Å². The van der Waals surface area contributed by atoms with Crippen LogP contribution in [0, 0.1) is 0 Å². The molecule has 2 N–H and O–H groups in total. The lowest BCUT2D eigenvalue weighted by Gasteiger charge is -2.22. The van der Waals surface area contributed by atoms with Crippen molar-refractivity contribution >= 4 is 5.91 Å². The van der Waals surface area contributed by atoms with Gasteiger partial charge in [-0.05, 0) is 45.5 Å². The van der Waals surface area contributed by atoms with Crippen LogP contribution in [0.1, 0.15) is 25.5 Å². The lowest BCUT2D eigenvalue weighted by atomic mass is 10.2. The average Bonchev–Trinajstić information content (AvgIpc) is 3.04. The molecule has 1 aliphatic rings. The van der Waals surface area contributed by atoms with E-state index in [1.54, 1.807) is 6.26 Å². The molecule has 0 aliphatic carbocycles. The van der Waals surface area contributed by atoms with Gasteiger partial charge in [-0.3, -0.25) is 4.79 Å². The maximum absolute atomic E-state index is 11.9. The number of nitrogens with zero attached hydrogens (tertiary/aromatic N) is 1. The monoisotopic (exact) mass is 265 g/mol. The predicted molar refractivity (Wildman–Crippen MR) is 73.7 cm³/mol. The first-order valence-corrected chi connectivity index (χ1v) is 6.90. The Labute approximate surface area is 114 Å². The van der Waals surface area contributed by atoms with Crippen molar-refractivity contribution in [3.8, 4) is 0 Å². The van der Waals surface area contributed by atoms with Gasteiger partial charge in [0.1, 0.15) is 5.76 Å². The summed E-state index contributed by atoms with van der Waals surface area (Å²) in [4.78, 5) is 14.2. The maximum Gasteiger partial charge on any atom is 0.237 e. The molecule has 5 heteroatoms. The molecule has 2 unspecified atom stereocenters. The van der Waals surface area contributed by atoms with Crippen LogP contribution in [0.3, 0.4) is 0 Å². The second-order valence-electron chi connectivity index (χ2n) is 5.20. The third-order valence-electron chi connectivity index (χ3n) is 3.74. The number of carbonyl (C=O) groups is 1. The van der Waals surface area contributed by atoms with Gasteiger partial charge in [-0.1, -0.05) is 0 Å². The second kappa shape index (κ2) is 6.73. The molecule has 0 saturated carbocycles. The molecule has 106 valence electrons. The van der Waals surface area contributed by atoms with Crippen LogP contribution in [-0.4, -0.2) is 43.0 Å². The first kappa shape index (κ1) is 14.1. The molecular formula is C14H23N3O2. The van der Waals surface area contributed by atoms with Gasteiger partial charge in [0.2, 0.25) is 5.91 Å². The highest BCUT2D eigenvalue weighted by Gasteiger charge is 2.22. The molecule has 1 aliphatic heterocycles. The van der Waals surface area contributed by atoms with Crippen LogP contribution in [0.25, 0.3) is 0 Å². The van der Waals surface area contributed by atoms with Crippen LogP contribution in [0.4, 0.5) is 0 Å². The number of hydrogen-bond donors (Lipinski definition) is 2. The normalized spacial score (nSPS) is 21.5. The summed E-state index contributed by atoms with van der Waals surface area (Å²) in [6, 6.07) is 4.05. The van der Waals surface area contributed by atoms with E-state index in [9.17, 15) is 4.79 Å². The molecule has 1 aromatic heterocycles. The summed E-state index contributed by atoms with van der Waals surface area (Å²) in [5, 5.41) is 6.16. The average molecular weight is 265 g/mol. The Balaban J connectivity index is 1.67. The summed E-state index contributed by atoms with van der Waals surface area (Å²) in [6.45, 7) is 4.37. The molecule has 0 radical (unpaired) electrons. The molecule has 0 bridgehead atoms. The topological polar surface area (TPSA) is 57.5 Å². The Bertz CT molecular complexity index is 391. The van der Waals surface area contributed by atoms with Crippen molar-refractivity contribution in [3.63, 3.8) is 0 Å². The second-order valence-corrected chi connectivity index (χ2v) is 5.20. The van der Waals surface area contributed by atoms with E-state index in [1.165, 1.54) is 12.8 Å². The number of furan rings is 1. The highest BCUT2D eigenvalue weighted by Crippen LogP contribution is 2.13. The van der Waals surface area contributed by atoms with Gasteiger partial charge < -0.3 is 20.0 Å². The highest BCUT2D eigenvalue weighted by atomic mass is 16.3. The van der Waals surface area contributed by atoms with E-state index in [2.05, 4.69) is 22.6 Å². The minimum absolute atomic E-state index is 0.0112. The lowest BCUT2D eigenvalue weighted by Crippen LogP contribution is -2.46. The Hall–Kier alpha value is -1.33. The standard InChI is InChI=1S/C14H23N3O2/c1-11(15-9-12-5-3-7-17(12)2)14(18)16-10-13-6-4-8-19-13/h4,6,8,11-12,15H,3,5,7,9-10H2,1-2H3,(H,16,18). The van der Waals surface area contributed by atoms with Crippen molar-refractivity contribution in [2.75, 3.05) is 20.1 Å². The molecule has 1 saturated heterocycles. The summed E-state index contributed by atoms with van der Waals surface area (Å²) >= 11 is 0. The molecule has 2 rings (SSSR count). The van der Waals surface area contributed by atoms with E-state index >= 15 is 0 Å². The molecule has 1 aromatic rings. The number of rotatable bonds is 6. The van der Waals surface area contributed by atoms with Crippen LogP contribution in [0.15, 0.2) is 22.8 Å². The van der Waals surface area contributed by atoms with Crippen LogP contribution >= 0.6 is 0 Å². The van der Waals surface area contributed by atoms with Gasteiger partial charge in [0.25, 0.3) is 0 Å². The third-order valence-corrected chi connectivity index (χ3v) is 3.74. The van der Waals surface area contributed by atoms with Gasteiger partial charge in [0.15, 0.2) is 0 Å². The lowest BCUT2D eigenvalue weighted by molar-refractivity contribution is -0.123. The summed E-state index contributed by atoms with van der Waals surface area (Å²) in [6.07, 6.45) is 4.07. The highest BCUT2D eigenvalue weighted by molar-refractivity contribution is 5.81. The zero-order chi connectivity index (χ0) is 13.7. The Morgan fingerprint density at radius 1 is 1.63 bits per heavy atom. The van der Waals surface area contributed by atoms with Gasteiger partial charge in [0.05, 0.1) is 18.8 Å². The molecule has 0 spiro atoms. The van der Waals surface area contributed by atoms with E-state index in [-0.39, 0.29) is 11.9 Å². The molecule has 5 nitrogen and oxygen atoms in total. The predicted octanol–water partition coefficient (Wildman–Crippen LogP) is 0.968. The van der Waals surface area contributed by atoms with Crippen molar-refractivity contribution in [2.24, 2.45) is 0 Å². The molecule has 2 heterocycles. The van der Waals surface area contributed by atoms with Crippen molar-refractivity contribution in [1.29, 1.82) is 0 Å². The first-order chi connectivity index (χ1) is 9.16. The number of nitrogens with one attached hydrogen (secondary N) is 2. The van der Waals surface area contributed by atoms with E-state index in [0.29, 0.717) is 12.6 Å². The molecule has 0 aromatic carbocycles. The third kappa shape index (κ3) is 4.08. The van der Waals surface area contributed by atoms with Gasteiger partial charge in [-0.25, -0.2) is 0 Å². The minimum Gasteiger partial charge on any atom is -0.467 e. The van der Waals surface area contributed by atoms with Crippen LogP contribution < -0.4 is 10.6 Å². The molecule has 2 atom stereocenters. The Morgan fingerprint density at radius 3 is 3.11 bits per heavy atom. The molecular weight excluding hydrogens is 242 g/mol. The summed E-state index contributed by atoms with van der Waals surface area (Å²) < 4.78 is 5.18. The van der Waals surface area contributed by atoms with Crippen molar-refractivity contribution in [3.05, 3.63) is 24.2 Å². The van der Waals surface area contributed by atoms with Crippen LogP contribution in [0.2, 0.25) is 0 Å². The maximum atomic E-state index is 11.9. The van der Waals surface area contributed by atoms with E-state index < -0.39 is 0 Å². The van der Waals surface area contributed by atoms with Gasteiger partial charge in [0, 0.05) is 12.6 Å². The summed E-state index contributed by atoms with van der Waals surface area (Å²) in [5.41, 5.74) is 0. The Morgan fingerprint density at radius 2 is 2.47 bits per heavy atom. The van der Waals surface area contributed by atoms with Crippen molar-refractivity contribution in [2.45, 2.75) is 38.4 Å². The van der Waals surface area contributed by atoms with Gasteiger partial charge in [-0.15, -0.1) is 0 Å². The van der Waals surface area contributed by atoms with Gasteiger partial charge >= 0.3 is 0 Å². The fourth-order valence-corrected chi connectivity index (χ4v) is 2.38. The van der Waals surface area contributed by atoms with Crippen molar-refractivity contribution in [1.82, 2.24) is 15.5 Å². The van der Waals surface area contributed by atoms with E-state index in [4.69, 9.17) is 4.42 Å². The quantitative estimate of drug-likeness (QED) is 0.804. The molecule has 1 fully saturated rings. The first-order valence-electron chi connectivity index (χ1n) is 6.90. The fraction of sp³-hybridized carbons (Fsp3) is 0.643. The number of carbonyl (C=O) groups excluding carboxylic acids is 1. The zero-order valence-electron chi connectivity index (χ0n) is 11.7. The van der Waals surface area contributed by atoms with Crippen LogP contribution in [-0.2, 0) is 11.3 Å². The number of amides is 1. The number of likely N-dealkylation sites (tertiary alicyclic amines) is 1. The smallest absolute Gasteiger partial charge is 0.237 e. The number of hydrogen-bond acceptors (Lipinski definition) is 4.